The smallest absolute Gasteiger partial charge is 0.319 e. The highest BCUT2D eigenvalue weighted by molar-refractivity contribution is 9.10. The van der Waals surface area contributed by atoms with E-state index in [-0.39, 0.29) is 10.8 Å². The average Bonchev–Trinajstić information content (AvgIpc) is 2.00. The van der Waals surface area contributed by atoms with E-state index in [0.29, 0.717) is 5.92 Å². The van der Waals surface area contributed by atoms with Gasteiger partial charge in [0.1, 0.15) is 4.83 Å². The number of alkyl halides is 1. The predicted molar refractivity (Wildman–Crippen MR) is 44.2 cm³/mol. The van der Waals surface area contributed by atoms with Gasteiger partial charge in [0.2, 0.25) is 0 Å². The van der Waals surface area contributed by atoms with Crippen LogP contribution >= 0.6 is 15.9 Å². The zero-order valence-corrected chi connectivity index (χ0v) is 8.14. The van der Waals surface area contributed by atoms with Crippen molar-refractivity contribution < 1.29 is 9.53 Å². The van der Waals surface area contributed by atoms with Gasteiger partial charge in [-0.15, -0.1) is 0 Å². The van der Waals surface area contributed by atoms with Crippen LogP contribution in [0.4, 0.5) is 0 Å². The number of hydrogen-bond acceptors (Lipinski definition) is 2. The Morgan fingerprint density at radius 3 is 2.50 bits per heavy atom. The summed E-state index contributed by atoms with van der Waals surface area (Å²) in [5, 5.41) is 0. The molecule has 0 fully saturated rings. The summed E-state index contributed by atoms with van der Waals surface area (Å²) in [6.07, 6.45) is 0.977. The molecule has 0 spiro atoms. The van der Waals surface area contributed by atoms with Crippen LogP contribution in [0.5, 0.6) is 0 Å². The number of ether oxygens (including phenoxy) is 1. The van der Waals surface area contributed by atoms with E-state index in [0.717, 1.165) is 6.42 Å². The lowest BCUT2D eigenvalue weighted by molar-refractivity contribution is -0.140. The van der Waals surface area contributed by atoms with Crippen molar-refractivity contribution >= 4 is 21.9 Å². The number of methoxy groups -OCH3 is 1. The number of carbonyl (C=O) groups excluding carboxylic acids is 1. The van der Waals surface area contributed by atoms with Crippen molar-refractivity contribution in [2.24, 2.45) is 5.92 Å². The van der Waals surface area contributed by atoms with E-state index >= 15 is 0 Å². The van der Waals surface area contributed by atoms with Crippen molar-refractivity contribution in [3.05, 3.63) is 0 Å². The normalized spacial score (nSPS) is 16.0. The molecule has 2 unspecified atom stereocenters. The standard InChI is InChI=1S/C7H13BrO2/c1-4-5(2)6(8)7(9)10-3/h5-6H,4H2,1-3H3. The molecular weight excluding hydrogens is 196 g/mol. The van der Waals surface area contributed by atoms with Gasteiger partial charge in [0.05, 0.1) is 7.11 Å². The predicted octanol–water partition coefficient (Wildman–Crippen LogP) is 1.97. The molecule has 0 aromatic heterocycles. The molecule has 0 radical (unpaired) electrons. The van der Waals surface area contributed by atoms with E-state index in [1.165, 1.54) is 7.11 Å². The molecule has 3 heteroatoms. The second-order valence-corrected chi connectivity index (χ2v) is 3.30. The van der Waals surface area contributed by atoms with Crippen molar-refractivity contribution in [3.8, 4) is 0 Å². The summed E-state index contributed by atoms with van der Waals surface area (Å²) in [6, 6.07) is 0. The lowest BCUT2D eigenvalue weighted by atomic mass is 10.1. The molecule has 0 aliphatic rings. The van der Waals surface area contributed by atoms with E-state index in [2.05, 4.69) is 20.7 Å². The zero-order valence-electron chi connectivity index (χ0n) is 6.56. The second kappa shape index (κ2) is 4.72. The number of carbonyl (C=O) groups is 1. The van der Waals surface area contributed by atoms with Crippen LogP contribution in [0.25, 0.3) is 0 Å². The summed E-state index contributed by atoms with van der Waals surface area (Å²) in [4.78, 5) is 10.7. The molecule has 0 saturated heterocycles. The van der Waals surface area contributed by atoms with Gasteiger partial charge in [0, 0.05) is 0 Å². The Morgan fingerprint density at radius 2 is 2.20 bits per heavy atom. The minimum atomic E-state index is -0.186. The minimum Gasteiger partial charge on any atom is -0.468 e. The molecular formula is C7H13BrO2. The van der Waals surface area contributed by atoms with Crippen molar-refractivity contribution in [2.45, 2.75) is 25.1 Å². The highest BCUT2D eigenvalue weighted by Gasteiger charge is 2.20. The van der Waals surface area contributed by atoms with Gasteiger partial charge in [-0.05, 0) is 5.92 Å². The number of hydrogen-bond donors (Lipinski definition) is 0. The zero-order chi connectivity index (χ0) is 8.15. The van der Waals surface area contributed by atoms with Gasteiger partial charge >= 0.3 is 5.97 Å². The molecule has 0 aromatic rings. The van der Waals surface area contributed by atoms with Gasteiger partial charge < -0.3 is 4.74 Å². The lowest BCUT2D eigenvalue weighted by Crippen LogP contribution is -2.22. The minimum absolute atomic E-state index is 0.150. The molecule has 0 saturated carbocycles. The number of halogens is 1. The first-order valence-electron chi connectivity index (χ1n) is 3.35. The van der Waals surface area contributed by atoms with Crippen molar-refractivity contribution in [1.29, 1.82) is 0 Å². The summed E-state index contributed by atoms with van der Waals surface area (Å²) in [5.41, 5.74) is 0. The first-order chi connectivity index (χ1) is 4.63. The first-order valence-corrected chi connectivity index (χ1v) is 4.27. The molecule has 60 valence electrons. The molecule has 0 N–H and O–H groups in total. The van der Waals surface area contributed by atoms with Crippen LogP contribution in [0.2, 0.25) is 0 Å². The van der Waals surface area contributed by atoms with Crippen LogP contribution in [-0.2, 0) is 9.53 Å². The highest BCUT2D eigenvalue weighted by Crippen LogP contribution is 2.16. The van der Waals surface area contributed by atoms with E-state index in [9.17, 15) is 4.79 Å². The highest BCUT2D eigenvalue weighted by atomic mass is 79.9. The third-order valence-electron chi connectivity index (χ3n) is 1.57. The van der Waals surface area contributed by atoms with Gasteiger partial charge in [-0.1, -0.05) is 36.2 Å². The van der Waals surface area contributed by atoms with Crippen LogP contribution in [0.1, 0.15) is 20.3 Å². The summed E-state index contributed by atoms with van der Waals surface area (Å²) in [6.45, 7) is 4.05. The maximum atomic E-state index is 10.8. The quantitative estimate of drug-likeness (QED) is 0.524. The lowest BCUT2D eigenvalue weighted by Gasteiger charge is -2.12. The fourth-order valence-electron chi connectivity index (χ4n) is 0.552. The van der Waals surface area contributed by atoms with Gasteiger partial charge in [0.15, 0.2) is 0 Å². The fourth-order valence-corrected chi connectivity index (χ4v) is 1.11. The Balaban J connectivity index is 3.81. The Morgan fingerprint density at radius 1 is 1.70 bits per heavy atom. The number of esters is 1. The molecule has 2 nitrogen and oxygen atoms in total. The maximum Gasteiger partial charge on any atom is 0.319 e. The van der Waals surface area contributed by atoms with Crippen molar-refractivity contribution in [2.75, 3.05) is 7.11 Å². The van der Waals surface area contributed by atoms with Crippen molar-refractivity contribution in [3.63, 3.8) is 0 Å². The second-order valence-electron chi connectivity index (χ2n) is 2.31. The molecule has 0 aliphatic carbocycles. The summed E-state index contributed by atoms with van der Waals surface area (Å²) in [7, 11) is 1.40. The largest absolute Gasteiger partial charge is 0.468 e. The summed E-state index contributed by atoms with van der Waals surface area (Å²) >= 11 is 3.25. The van der Waals surface area contributed by atoms with Gasteiger partial charge in [-0.2, -0.15) is 0 Å². The summed E-state index contributed by atoms with van der Waals surface area (Å²) in [5.74, 6) is 0.154. The first kappa shape index (κ1) is 9.95. The third kappa shape index (κ3) is 2.69. The Labute approximate surface area is 70.1 Å². The third-order valence-corrected chi connectivity index (χ3v) is 2.85. The molecule has 2 atom stereocenters. The van der Waals surface area contributed by atoms with E-state index in [1.54, 1.807) is 0 Å². The van der Waals surface area contributed by atoms with E-state index < -0.39 is 0 Å². The SMILES string of the molecule is CCC(C)C(Br)C(=O)OC. The van der Waals surface area contributed by atoms with Crippen molar-refractivity contribution in [1.82, 2.24) is 0 Å². The van der Waals surface area contributed by atoms with Crippen LogP contribution in [0, 0.1) is 5.92 Å². The van der Waals surface area contributed by atoms with Gasteiger partial charge in [-0.25, -0.2) is 0 Å². The molecule has 0 bridgehead atoms. The Bertz CT molecular complexity index is 114. The topological polar surface area (TPSA) is 26.3 Å². The Kier molecular flexibility index (Phi) is 4.69. The molecule has 0 heterocycles. The molecule has 0 aliphatic heterocycles. The van der Waals surface area contributed by atoms with Gasteiger partial charge in [0.25, 0.3) is 0 Å². The number of rotatable bonds is 3. The van der Waals surface area contributed by atoms with E-state index in [1.807, 2.05) is 13.8 Å². The maximum absolute atomic E-state index is 10.8. The van der Waals surface area contributed by atoms with Crippen LogP contribution in [0.15, 0.2) is 0 Å². The van der Waals surface area contributed by atoms with Gasteiger partial charge in [-0.3, -0.25) is 4.79 Å². The fraction of sp³-hybridized carbons (Fsp3) is 0.857. The van der Waals surface area contributed by atoms with E-state index in [4.69, 9.17) is 0 Å². The molecule has 0 aromatic carbocycles. The molecule has 10 heavy (non-hydrogen) atoms. The summed E-state index contributed by atoms with van der Waals surface area (Å²) < 4.78 is 4.55. The molecule has 0 amide bonds. The van der Waals surface area contributed by atoms with Crippen LogP contribution < -0.4 is 0 Å². The monoisotopic (exact) mass is 208 g/mol. The van der Waals surface area contributed by atoms with Crippen LogP contribution in [0.3, 0.4) is 0 Å². The van der Waals surface area contributed by atoms with Crippen LogP contribution in [-0.4, -0.2) is 17.9 Å². The Hall–Kier alpha value is -0.0500. The average molecular weight is 209 g/mol. The molecule has 0 rings (SSSR count).